The van der Waals surface area contributed by atoms with E-state index < -0.39 is 0 Å². The minimum Gasteiger partial charge on any atom is -1.00 e. The number of unbranched alkanes of at least 4 members (excludes halogenated alkanes) is 14. The number of piperazine rings is 1. The van der Waals surface area contributed by atoms with Gasteiger partial charge in [-0.1, -0.05) is 90.9 Å². The van der Waals surface area contributed by atoms with Gasteiger partial charge in [0.15, 0.2) is 0 Å². The maximum Gasteiger partial charge on any atom is 0.0915 e. The molecule has 6 heteroatoms. The Balaban J connectivity index is 0. The molecule has 1 fully saturated rings. The van der Waals surface area contributed by atoms with Gasteiger partial charge < -0.3 is 42.9 Å². The van der Waals surface area contributed by atoms with Crippen molar-refractivity contribution in [2.24, 2.45) is 0 Å². The third-order valence-corrected chi connectivity index (χ3v) is 10.9. The van der Waals surface area contributed by atoms with Crippen LogP contribution < -0.4 is 34.0 Å². The second-order valence-corrected chi connectivity index (χ2v) is 13.5. The maximum atomic E-state index is 2.78. The summed E-state index contributed by atoms with van der Waals surface area (Å²) in [5.41, 5.74) is 0. The highest BCUT2D eigenvalue weighted by Crippen LogP contribution is 2.16. The number of hydrogen-bond donors (Lipinski definition) is 0. The first-order valence-corrected chi connectivity index (χ1v) is 18.7. The molecule has 1 heterocycles. The van der Waals surface area contributed by atoms with E-state index in [9.17, 15) is 0 Å². The molecule has 0 N–H and O–H groups in total. The second kappa shape index (κ2) is 29.2. The second-order valence-electron chi connectivity index (χ2n) is 13.5. The Hall–Kier alpha value is 0.800. The van der Waals surface area contributed by atoms with Crippen molar-refractivity contribution in [2.45, 2.75) is 144 Å². The van der Waals surface area contributed by atoms with Gasteiger partial charge in [-0.25, -0.2) is 0 Å². The van der Waals surface area contributed by atoms with Crippen molar-refractivity contribution in [2.75, 3.05) is 91.6 Å². The van der Waals surface area contributed by atoms with Crippen molar-refractivity contribution in [1.82, 2.24) is 9.80 Å². The van der Waals surface area contributed by atoms with Gasteiger partial charge in [0.1, 0.15) is 0 Å². The Morgan fingerprint density at radius 2 is 0.619 bits per heavy atom. The van der Waals surface area contributed by atoms with Gasteiger partial charge in [0.25, 0.3) is 0 Å². The Bertz CT molecular complexity index is 499. The molecule has 1 rings (SSSR count). The van der Waals surface area contributed by atoms with E-state index in [1.54, 1.807) is 0 Å². The number of hydrogen-bond acceptors (Lipinski definition) is 2. The van der Waals surface area contributed by atoms with Crippen LogP contribution in [0.4, 0.5) is 0 Å². The van der Waals surface area contributed by atoms with E-state index in [4.69, 9.17) is 0 Å². The van der Waals surface area contributed by atoms with Crippen LogP contribution in [0.2, 0.25) is 0 Å². The number of quaternary nitrogens is 2. The molecular formula is C36H78Br2N4. The standard InChI is InChI=1S/C36H78N4.2BrH/c1-7-13-15-17-19-21-23-25-33-39(9-3,10-4)35-31-37-27-29-38(30-28-37)32-36-40(11-5,12-6)34-26-24-22-20-18-16-14-8-2;;/h7-36H2,1-6H3;2*1H/q+2;;/p-2. The first-order valence-electron chi connectivity index (χ1n) is 18.7. The zero-order valence-electron chi connectivity index (χ0n) is 29.8. The summed E-state index contributed by atoms with van der Waals surface area (Å²) in [6.07, 6.45) is 22.9. The van der Waals surface area contributed by atoms with Crippen LogP contribution in [0.1, 0.15) is 144 Å². The highest BCUT2D eigenvalue weighted by molar-refractivity contribution is 4.72. The molecule has 0 aromatic carbocycles. The highest BCUT2D eigenvalue weighted by atomic mass is 79.9. The van der Waals surface area contributed by atoms with Crippen LogP contribution in [0.3, 0.4) is 0 Å². The number of likely N-dealkylation sites (N-methyl/N-ethyl adjacent to an activating group) is 2. The fraction of sp³-hybridized carbons (Fsp3) is 1.00. The lowest BCUT2D eigenvalue weighted by Crippen LogP contribution is -3.00. The van der Waals surface area contributed by atoms with E-state index in [2.05, 4.69) is 51.3 Å². The molecule has 1 saturated heterocycles. The van der Waals surface area contributed by atoms with Crippen LogP contribution in [0.15, 0.2) is 0 Å². The van der Waals surface area contributed by atoms with Gasteiger partial charge in [0, 0.05) is 39.3 Å². The SMILES string of the molecule is CCCCCCCCCC[N+](CC)(CC)CCN1CCN(CC[N+](CC)(CC)CCCCCCCCCC)CC1.[Br-].[Br-]. The summed E-state index contributed by atoms with van der Waals surface area (Å²) in [4.78, 5) is 5.57. The topological polar surface area (TPSA) is 6.48 Å². The van der Waals surface area contributed by atoms with Crippen molar-refractivity contribution in [3.63, 3.8) is 0 Å². The van der Waals surface area contributed by atoms with E-state index in [0.29, 0.717) is 0 Å². The summed E-state index contributed by atoms with van der Waals surface area (Å²) in [6.45, 7) is 32.8. The zero-order valence-corrected chi connectivity index (χ0v) is 32.9. The Morgan fingerprint density at radius 1 is 0.357 bits per heavy atom. The van der Waals surface area contributed by atoms with Gasteiger partial charge in [0.05, 0.1) is 52.4 Å². The monoisotopic (exact) mass is 724 g/mol. The molecule has 0 saturated carbocycles. The molecule has 256 valence electrons. The van der Waals surface area contributed by atoms with Crippen molar-refractivity contribution < 1.29 is 42.9 Å². The average Bonchev–Trinajstić information content (AvgIpc) is 3.00. The van der Waals surface area contributed by atoms with Gasteiger partial charge in [0.2, 0.25) is 0 Å². The maximum absolute atomic E-state index is 2.78. The minimum absolute atomic E-state index is 0. The minimum atomic E-state index is 0. The molecule has 0 aliphatic carbocycles. The quantitative estimate of drug-likeness (QED) is 0.0905. The Morgan fingerprint density at radius 3 is 0.881 bits per heavy atom. The van der Waals surface area contributed by atoms with Crippen molar-refractivity contribution in [3.05, 3.63) is 0 Å². The molecule has 0 aromatic rings. The van der Waals surface area contributed by atoms with Crippen molar-refractivity contribution in [3.8, 4) is 0 Å². The third-order valence-electron chi connectivity index (χ3n) is 10.9. The number of halogens is 2. The molecule has 4 nitrogen and oxygen atoms in total. The molecule has 0 unspecified atom stereocenters. The van der Waals surface area contributed by atoms with Gasteiger partial charge in [-0.15, -0.1) is 0 Å². The lowest BCUT2D eigenvalue weighted by atomic mass is 10.1. The normalized spacial score (nSPS) is 15.0. The number of nitrogens with zero attached hydrogens (tertiary/aromatic N) is 4. The summed E-state index contributed by atoms with van der Waals surface area (Å²) in [6, 6.07) is 0. The third kappa shape index (κ3) is 20.0. The first-order chi connectivity index (χ1) is 19.5. The van der Waals surface area contributed by atoms with Gasteiger partial charge in [-0.05, 0) is 53.4 Å². The first kappa shape index (κ1) is 44.9. The van der Waals surface area contributed by atoms with E-state index in [0.717, 1.165) is 0 Å². The van der Waals surface area contributed by atoms with Gasteiger partial charge in [-0.3, -0.25) is 9.80 Å². The fourth-order valence-electron chi connectivity index (χ4n) is 7.04. The summed E-state index contributed by atoms with van der Waals surface area (Å²) < 4.78 is 2.67. The number of rotatable bonds is 28. The molecule has 0 spiro atoms. The highest BCUT2D eigenvalue weighted by Gasteiger charge is 2.27. The molecular weight excluding hydrogens is 648 g/mol. The van der Waals surface area contributed by atoms with E-state index >= 15 is 0 Å². The van der Waals surface area contributed by atoms with E-state index in [1.165, 1.54) is 203 Å². The van der Waals surface area contributed by atoms with Crippen molar-refractivity contribution >= 4 is 0 Å². The molecule has 0 atom stereocenters. The summed E-state index contributed by atoms with van der Waals surface area (Å²) >= 11 is 0. The Kier molecular flexibility index (Phi) is 31.3. The van der Waals surface area contributed by atoms with Gasteiger partial charge >= 0.3 is 0 Å². The smallest absolute Gasteiger partial charge is 0.0915 e. The predicted octanol–water partition coefficient (Wildman–Crippen LogP) is 2.61. The molecule has 0 amide bonds. The van der Waals surface area contributed by atoms with E-state index in [-0.39, 0.29) is 34.0 Å². The molecule has 0 bridgehead atoms. The van der Waals surface area contributed by atoms with E-state index in [1.807, 2.05) is 0 Å². The molecule has 0 aromatic heterocycles. The Labute approximate surface area is 287 Å². The lowest BCUT2D eigenvalue weighted by Gasteiger charge is -2.42. The van der Waals surface area contributed by atoms with Crippen LogP contribution in [0.25, 0.3) is 0 Å². The summed E-state index contributed by atoms with van der Waals surface area (Å²) in [7, 11) is 0. The molecule has 42 heavy (non-hydrogen) atoms. The largest absolute Gasteiger partial charge is 1.00 e. The van der Waals surface area contributed by atoms with Crippen LogP contribution in [-0.4, -0.2) is 110 Å². The van der Waals surface area contributed by atoms with Crippen LogP contribution >= 0.6 is 0 Å². The van der Waals surface area contributed by atoms with Crippen LogP contribution in [-0.2, 0) is 0 Å². The lowest BCUT2D eigenvalue weighted by molar-refractivity contribution is -0.924. The molecule has 1 aliphatic heterocycles. The summed E-state index contributed by atoms with van der Waals surface area (Å²) in [5.74, 6) is 0. The fourth-order valence-corrected chi connectivity index (χ4v) is 7.04. The van der Waals surface area contributed by atoms with Crippen LogP contribution in [0.5, 0.6) is 0 Å². The van der Waals surface area contributed by atoms with Crippen molar-refractivity contribution in [1.29, 1.82) is 0 Å². The van der Waals surface area contributed by atoms with Gasteiger partial charge in [-0.2, -0.15) is 0 Å². The average molecular weight is 727 g/mol. The summed E-state index contributed by atoms with van der Waals surface area (Å²) in [5, 5.41) is 0. The molecule has 1 aliphatic rings. The molecule has 0 radical (unpaired) electrons. The zero-order chi connectivity index (χ0) is 29.4. The van der Waals surface area contributed by atoms with Crippen LogP contribution in [0, 0.1) is 0 Å². The predicted molar refractivity (Wildman–Crippen MR) is 180 cm³/mol.